The molecule has 1 amide bonds. The minimum Gasteiger partial charge on any atom is -0.365 e. The van der Waals surface area contributed by atoms with Gasteiger partial charge in [-0.15, -0.1) is 24.8 Å². The summed E-state index contributed by atoms with van der Waals surface area (Å²) >= 11 is 0. The second kappa shape index (κ2) is 9.39. The Bertz CT molecular complexity index is 538. The van der Waals surface area contributed by atoms with Crippen LogP contribution in [0.15, 0.2) is 18.2 Å². The number of benzene rings is 1. The molecule has 0 bridgehead atoms. The van der Waals surface area contributed by atoms with Gasteiger partial charge in [0.1, 0.15) is 17.3 Å². The van der Waals surface area contributed by atoms with Gasteiger partial charge in [0, 0.05) is 19.1 Å². The van der Waals surface area contributed by atoms with E-state index < -0.39 is 11.6 Å². The van der Waals surface area contributed by atoms with Crippen LogP contribution in [0.5, 0.6) is 0 Å². The number of carbonyl (C=O) groups is 1. The highest BCUT2D eigenvalue weighted by Crippen LogP contribution is 2.27. The first-order chi connectivity index (χ1) is 10.6. The Kier molecular flexibility index (Phi) is 8.19. The summed E-state index contributed by atoms with van der Waals surface area (Å²) in [7, 11) is 0. The third-order valence-electron chi connectivity index (χ3n) is 4.22. The van der Waals surface area contributed by atoms with E-state index in [1.54, 1.807) is 4.90 Å². The average molecular weight is 382 g/mol. The number of nitrogens with zero attached hydrogens (tertiary/aromatic N) is 1. The van der Waals surface area contributed by atoms with Crippen LogP contribution < -0.4 is 15.5 Å². The third-order valence-corrected chi connectivity index (χ3v) is 4.22. The molecular formula is C16H23Cl2F2N3O. The van der Waals surface area contributed by atoms with Crippen LogP contribution in [0.3, 0.4) is 0 Å². The molecule has 136 valence electrons. The molecule has 1 heterocycles. The fourth-order valence-corrected chi connectivity index (χ4v) is 2.86. The molecule has 2 aliphatic rings. The second-order valence-corrected chi connectivity index (χ2v) is 6.14. The first-order valence-electron chi connectivity index (χ1n) is 7.82. The van der Waals surface area contributed by atoms with Crippen LogP contribution in [0.25, 0.3) is 0 Å². The van der Waals surface area contributed by atoms with Crippen molar-refractivity contribution in [1.29, 1.82) is 0 Å². The molecular weight excluding hydrogens is 359 g/mol. The number of rotatable bonds is 6. The second-order valence-electron chi connectivity index (χ2n) is 6.14. The van der Waals surface area contributed by atoms with Crippen LogP contribution in [0, 0.1) is 17.6 Å². The van der Waals surface area contributed by atoms with Crippen LogP contribution >= 0.6 is 24.8 Å². The zero-order valence-corrected chi connectivity index (χ0v) is 14.9. The van der Waals surface area contributed by atoms with E-state index in [2.05, 4.69) is 10.6 Å². The number of hydrogen-bond acceptors (Lipinski definition) is 3. The van der Waals surface area contributed by atoms with Crippen molar-refractivity contribution < 1.29 is 13.6 Å². The first-order valence-corrected chi connectivity index (χ1v) is 7.82. The smallest absolute Gasteiger partial charge is 0.234 e. The van der Waals surface area contributed by atoms with Crippen LogP contribution in [0.2, 0.25) is 0 Å². The molecule has 4 nitrogen and oxygen atoms in total. The molecule has 8 heteroatoms. The summed E-state index contributed by atoms with van der Waals surface area (Å²) in [6.07, 6.45) is 3.20. The highest BCUT2D eigenvalue weighted by atomic mass is 35.5. The van der Waals surface area contributed by atoms with Gasteiger partial charge in [0.15, 0.2) is 0 Å². The molecule has 1 atom stereocenters. The Morgan fingerprint density at radius 3 is 2.46 bits per heavy atom. The van der Waals surface area contributed by atoms with Crippen molar-refractivity contribution >= 4 is 36.4 Å². The van der Waals surface area contributed by atoms with E-state index in [-0.39, 0.29) is 42.5 Å². The Morgan fingerprint density at radius 1 is 1.17 bits per heavy atom. The monoisotopic (exact) mass is 381 g/mol. The molecule has 0 spiro atoms. The van der Waals surface area contributed by atoms with Crippen molar-refractivity contribution in [1.82, 2.24) is 10.6 Å². The minimum atomic E-state index is -0.557. The summed E-state index contributed by atoms with van der Waals surface area (Å²) in [6.45, 7) is 2.18. The summed E-state index contributed by atoms with van der Waals surface area (Å²) in [5.41, 5.74) is 0.00565. The lowest BCUT2D eigenvalue weighted by Gasteiger charge is -2.20. The third kappa shape index (κ3) is 5.46. The molecule has 1 aromatic rings. The lowest BCUT2D eigenvalue weighted by Crippen LogP contribution is -2.42. The Morgan fingerprint density at radius 2 is 1.83 bits per heavy atom. The van der Waals surface area contributed by atoms with Gasteiger partial charge < -0.3 is 15.5 Å². The largest absolute Gasteiger partial charge is 0.365 e. The van der Waals surface area contributed by atoms with Gasteiger partial charge in [-0.2, -0.15) is 0 Å². The van der Waals surface area contributed by atoms with Gasteiger partial charge in [0.2, 0.25) is 5.91 Å². The predicted molar refractivity (Wildman–Crippen MR) is 95.2 cm³/mol. The van der Waals surface area contributed by atoms with Crippen LogP contribution in [-0.2, 0) is 4.79 Å². The Balaban J connectivity index is 0.00000144. The van der Waals surface area contributed by atoms with Gasteiger partial charge in [-0.1, -0.05) is 6.07 Å². The molecule has 1 aromatic carbocycles. The van der Waals surface area contributed by atoms with E-state index in [1.165, 1.54) is 31.0 Å². The highest BCUT2D eigenvalue weighted by Gasteiger charge is 2.27. The van der Waals surface area contributed by atoms with E-state index >= 15 is 0 Å². The number of halogens is 4. The van der Waals surface area contributed by atoms with Crippen LogP contribution in [0.4, 0.5) is 14.5 Å². The number of nitrogens with one attached hydrogen (secondary N) is 2. The van der Waals surface area contributed by atoms with Crippen molar-refractivity contribution in [2.45, 2.75) is 25.3 Å². The molecule has 1 aliphatic carbocycles. The lowest BCUT2D eigenvalue weighted by atomic mass is 10.2. The standard InChI is InChI=1S/C16H21F2N3O.2ClH/c17-13-2-1-3-14(18)16(13)21-7-6-12(10-21)20-15(22)9-19-8-11-4-5-11;;/h1-3,11-12,19H,4-10H2,(H,20,22);2*1H. The molecule has 3 rings (SSSR count). The summed E-state index contributed by atoms with van der Waals surface area (Å²) < 4.78 is 27.5. The maximum absolute atomic E-state index is 13.8. The normalized spacial score (nSPS) is 19.4. The van der Waals surface area contributed by atoms with Gasteiger partial charge in [0.25, 0.3) is 0 Å². The van der Waals surface area contributed by atoms with Crippen LogP contribution in [-0.4, -0.2) is 38.1 Å². The molecule has 1 aliphatic heterocycles. The maximum atomic E-state index is 13.8. The fraction of sp³-hybridized carbons (Fsp3) is 0.562. The number of para-hydroxylation sites is 1. The van der Waals surface area contributed by atoms with Crippen molar-refractivity contribution in [3.05, 3.63) is 29.8 Å². The molecule has 2 fully saturated rings. The van der Waals surface area contributed by atoms with Crippen molar-refractivity contribution in [3.63, 3.8) is 0 Å². The lowest BCUT2D eigenvalue weighted by molar-refractivity contribution is -0.120. The van der Waals surface area contributed by atoms with E-state index in [1.807, 2.05) is 0 Å². The summed E-state index contributed by atoms with van der Waals surface area (Å²) in [5, 5.41) is 6.06. The SMILES string of the molecule is Cl.Cl.O=C(CNCC1CC1)NC1CCN(c2c(F)cccc2F)C1. The number of hydrogen-bond donors (Lipinski definition) is 2. The van der Waals surface area contributed by atoms with Gasteiger partial charge in [0.05, 0.1) is 6.54 Å². The number of amides is 1. The summed E-state index contributed by atoms with van der Waals surface area (Å²) in [5.74, 6) is -0.434. The van der Waals surface area contributed by atoms with Crippen molar-refractivity contribution in [2.75, 3.05) is 31.1 Å². The Hall–Kier alpha value is -1.11. The number of carbonyl (C=O) groups excluding carboxylic acids is 1. The van der Waals surface area contributed by atoms with E-state index in [0.29, 0.717) is 26.1 Å². The molecule has 24 heavy (non-hydrogen) atoms. The molecule has 1 unspecified atom stereocenters. The molecule has 0 radical (unpaired) electrons. The molecule has 1 saturated heterocycles. The summed E-state index contributed by atoms with van der Waals surface area (Å²) in [6, 6.07) is 3.81. The molecule has 2 N–H and O–H groups in total. The Labute approximate surface area is 153 Å². The minimum absolute atomic E-state index is 0. The van der Waals surface area contributed by atoms with Crippen LogP contribution in [0.1, 0.15) is 19.3 Å². The van der Waals surface area contributed by atoms with E-state index in [0.717, 1.165) is 12.5 Å². The topological polar surface area (TPSA) is 44.4 Å². The average Bonchev–Trinajstić information content (AvgIpc) is 3.18. The zero-order valence-electron chi connectivity index (χ0n) is 13.3. The van der Waals surface area contributed by atoms with Crippen molar-refractivity contribution in [2.24, 2.45) is 5.92 Å². The highest BCUT2D eigenvalue weighted by molar-refractivity contribution is 5.85. The molecule has 1 saturated carbocycles. The fourth-order valence-electron chi connectivity index (χ4n) is 2.86. The van der Waals surface area contributed by atoms with Gasteiger partial charge in [-0.05, 0) is 43.9 Å². The van der Waals surface area contributed by atoms with E-state index in [9.17, 15) is 13.6 Å². The van der Waals surface area contributed by atoms with Gasteiger partial charge in [-0.25, -0.2) is 8.78 Å². The zero-order chi connectivity index (χ0) is 15.5. The molecule has 0 aromatic heterocycles. The predicted octanol–water partition coefficient (Wildman–Crippen LogP) is 2.50. The quantitative estimate of drug-likeness (QED) is 0.795. The first kappa shape index (κ1) is 20.9. The van der Waals surface area contributed by atoms with E-state index in [4.69, 9.17) is 0 Å². The number of anilines is 1. The maximum Gasteiger partial charge on any atom is 0.234 e. The van der Waals surface area contributed by atoms with Gasteiger partial charge >= 0.3 is 0 Å². The van der Waals surface area contributed by atoms with Crippen molar-refractivity contribution in [3.8, 4) is 0 Å². The summed E-state index contributed by atoms with van der Waals surface area (Å²) in [4.78, 5) is 13.5. The van der Waals surface area contributed by atoms with Gasteiger partial charge in [-0.3, -0.25) is 4.79 Å².